The van der Waals surface area contributed by atoms with Crippen LogP contribution in [0, 0.1) is 5.92 Å². The second-order valence-electron chi connectivity index (χ2n) is 5.16. The van der Waals surface area contributed by atoms with E-state index in [0.717, 1.165) is 11.1 Å². The van der Waals surface area contributed by atoms with Gasteiger partial charge in [0.15, 0.2) is 0 Å². The lowest BCUT2D eigenvalue weighted by molar-refractivity contribution is -0.125. The summed E-state index contributed by atoms with van der Waals surface area (Å²) in [6.45, 7) is 4.84. The zero-order valence-electron chi connectivity index (χ0n) is 12.7. The van der Waals surface area contributed by atoms with Crippen molar-refractivity contribution >= 4 is 5.91 Å². The topological polar surface area (TPSA) is 59.6 Å². The number of carbonyl (C=O) groups excluding carboxylic acids is 1. The van der Waals surface area contributed by atoms with Gasteiger partial charge in [0.25, 0.3) is 0 Å². The Labute approximate surface area is 126 Å². The van der Waals surface area contributed by atoms with Crippen LogP contribution in [0.1, 0.15) is 18.1 Å². The highest BCUT2D eigenvalue weighted by Crippen LogP contribution is 2.15. The van der Waals surface area contributed by atoms with Crippen LogP contribution in [-0.4, -0.2) is 38.8 Å². The molecule has 2 atom stereocenters. The van der Waals surface area contributed by atoms with Crippen molar-refractivity contribution in [2.75, 3.05) is 26.9 Å². The van der Waals surface area contributed by atoms with Gasteiger partial charge in [-0.1, -0.05) is 24.3 Å². The van der Waals surface area contributed by atoms with Gasteiger partial charge in [0.05, 0.1) is 25.7 Å². The zero-order valence-corrected chi connectivity index (χ0v) is 12.7. The van der Waals surface area contributed by atoms with E-state index in [0.29, 0.717) is 33.0 Å². The summed E-state index contributed by atoms with van der Waals surface area (Å²) in [6, 6.07) is 8.12. The molecule has 5 heteroatoms. The average molecular weight is 292 g/mol. The lowest BCUT2D eigenvalue weighted by Crippen LogP contribution is -2.42. The van der Waals surface area contributed by atoms with Gasteiger partial charge in [0, 0.05) is 19.2 Å². The fraction of sp³-hybridized carbons (Fsp3) is 0.562. The second-order valence-corrected chi connectivity index (χ2v) is 5.16. The Morgan fingerprint density at radius 3 is 2.81 bits per heavy atom. The van der Waals surface area contributed by atoms with Crippen LogP contribution in [0.2, 0.25) is 0 Å². The van der Waals surface area contributed by atoms with Crippen LogP contribution in [-0.2, 0) is 27.4 Å². The average Bonchev–Trinajstić information content (AvgIpc) is 3.00. The van der Waals surface area contributed by atoms with E-state index in [9.17, 15) is 4.79 Å². The normalized spacial score (nSPS) is 21.4. The molecular formula is C16H24N2O3. The molecule has 0 spiro atoms. The summed E-state index contributed by atoms with van der Waals surface area (Å²) in [5, 5.41) is 6.13. The van der Waals surface area contributed by atoms with E-state index >= 15 is 0 Å². The fourth-order valence-electron chi connectivity index (χ4n) is 2.49. The van der Waals surface area contributed by atoms with Gasteiger partial charge >= 0.3 is 0 Å². The number of rotatable bonds is 7. The molecule has 0 aliphatic carbocycles. The van der Waals surface area contributed by atoms with E-state index in [4.69, 9.17) is 9.47 Å². The van der Waals surface area contributed by atoms with Gasteiger partial charge in [-0.05, 0) is 25.1 Å². The first kappa shape index (κ1) is 15.9. The van der Waals surface area contributed by atoms with Crippen LogP contribution >= 0.6 is 0 Å². The minimum Gasteiger partial charge on any atom is -0.379 e. The van der Waals surface area contributed by atoms with Gasteiger partial charge in [0.2, 0.25) is 5.91 Å². The Morgan fingerprint density at radius 1 is 1.33 bits per heavy atom. The lowest BCUT2D eigenvalue weighted by Gasteiger charge is -2.17. The molecule has 2 N–H and O–H groups in total. The maximum Gasteiger partial charge on any atom is 0.227 e. The molecule has 1 aromatic rings. The zero-order chi connectivity index (χ0) is 15.1. The summed E-state index contributed by atoms with van der Waals surface area (Å²) >= 11 is 0. The Kier molecular flexibility index (Phi) is 6.17. The van der Waals surface area contributed by atoms with Gasteiger partial charge in [-0.3, -0.25) is 4.79 Å². The van der Waals surface area contributed by atoms with Gasteiger partial charge in [-0.15, -0.1) is 0 Å². The van der Waals surface area contributed by atoms with Crippen molar-refractivity contribution in [3.05, 3.63) is 35.4 Å². The Balaban J connectivity index is 1.92. The molecule has 1 amide bonds. The number of nitrogens with one attached hydrogen (secondary N) is 2. The van der Waals surface area contributed by atoms with Gasteiger partial charge in [-0.2, -0.15) is 0 Å². The monoisotopic (exact) mass is 292 g/mol. The molecular weight excluding hydrogens is 268 g/mol. The van der Waals surface area contributed by atoms with Gasteiger partial charge in [0.1, 0.15) is 0 Å². The van der Waals surface area contributed by atoms with Crippen molar-refractivity contribution in [1.82, 2.24) is 10.6 Å². The lowest BCUT2D eigenvalue weighted by atomic mass is 10.0. The molecule has 1 heterocycles. The van der Waals surface area contributed by atoms with Crippen molar-refractivity contribution < 1.29 is 14.3 Å². The maximum absolute atomic E-state index is 12.3. The van der Waals surface area contributed by atoms with Crippen LogP contribution in [0.4, 0.5) is 0 Å². The Bertz CT molecular complexity index is 465. The van der Waals surface area contributed by atoms with Crippen molar-refractivity contribution in [1.29, 1.82) is 0 Å². The van der Waals surface area contributed by atoms with E-state index in [-0.39, 0.29) is 17.9 Å². The SMILES string of the molecule is CCOCc1ccccc1CNC(=O)C1COCC1NC. The minimum absolute atomic E-state index is 0.0399. The van der Waals surface area contributed by atoms with Crippen molar-refractivity contribution in [3.63, 3.8) is 0 Å². The van der Waals surface area contributed by atoms with E-state index in [1.165, 1.54) is 0 Å². The standard InChI is InChI=1S/C16H24N2O3/c1-3-20-9-13-7-5-4-6-12(13)8-18-16(19)14-10-21-11-15(14)17-2/h4-7,14-15,17H,3,8-11H2,1-2H3,(H,18,19). The molecule has 1 fully saturated rings. The third-order valence-corrected chi connectivity index (χ3v) is 3.82. The van der Waals surface area contributed by atoms with Crippen LogP contribution in [0.5, 0.6) is 0 Å². The number of ether oxygens (including phenoxy) is 2. The summed E-state index contributed by atoms with van der Waals surface area (Å²) in [5.74, 6) is -0.0767. The smallest absolute Gasteiger partial charge is 0.227 e. The predicted molar refractivity (Wildman–Crippen MR) is 80.8 cm³/mol. The number of hydrogen-bond donors (Lipinski definition) is 2. The molecule has 1 aliphatic rings. The third kappa shape index (κ3) is 4.27. The quantitative estimate of drug-likeness (QED) is 0.789. The molecule has 5 nitrogen and oxygen atoms in total. The summed E-state index contributed by atoms with van der Waals surface area (Å²) in [5.41, 5.74) is 2.21. The minimum atomic E-state index is -0.117. The maximum atomic E-state index is 12.3. The predicted octanol–water partition coefficient (Wildman–Crippen LogP) is 1.07. The molecule has 0 aromatic heterocycles. The van der Waals surface area contributed by atoms with Gasteiger partial charge in [-0.25, -0.2) is 0 Å². The Hall–Kier alpha value is -1.43. The molecule has 0 bridgehead atoms. The second kappa shape index (κ2) is 8.12. The highest BCUT2D eigenvalue weighted by Gasteiger charge is 2.32. The molecule has 1 saturated heterocycles. The molecule has 2 unspecified atom stereocenters. The molecule has 1 aliphatic heterocycles. The highest BCUT2D eigenvalue weighted by molar-refractivity contribution is 5.79. The highest BCUT2D eigenvalue weighted by atomic mass is 16.5. The van der Waals surface area contributed by atoms with Crippen molar-refractivity contribution in [2.45, 2.75) is 26.1 Å². The summed E-state index contributed by atoms with van der Waals surface area (Å²) in [7, 11) is 1.86. The number of amides is 1. The van der Waals surface area contributed by atoms with Crippen LogP contribution in [0.15, 0.2) is 24.3 Å². The number of carbonyl (C=O) groups is 1. The van der Waals surface area contributed by atoms with Crippen LogP contribution in [0.25, 0.3) is 0 Å². The van der Waals surface area contributed by atoms with E-state index < -0.39 is 0 Å². The summed E-state index contributed by atoms with van der Waals surface area (Å²) in [4.78, 5) is 12.3. The first-order valence-corrected chi connectivity index (χ1v) is 7.43. The largest absolute Gasteiger partial charge is 0.379 e. The molecule has 21 heavy (non-hydrogen) atoms. The van der Waals surface area contributed by atoms with Crippen LogP contribution in [0.3, 0.4) is 0 Å². The van der Waals surface area contributed by atoms with Gasteiger partial charge < -0.3 is 20.1 Å². The fourth-order valence-corrected chi connectivity index (χ4v) is 2.49. The molecule has 2 rings (SSSR count). The Morgan fingerprint density at radius 2 is 2.10 bits per heavy atom. The third-order valence-electron chi connectivity index (χ3n) is 3.82. The summed E-state index contributed by atoms with van der Waals surface area (Å²) < 4.78 is 10.8. The van der Waals surface area contributed by atoms with E-state index in [1.807, 2.05) is 38.2 Å². The number of likely N-dealkylation sites (N-methyl/N-ethyl adjacent to an activating group) is 1. The van der Waals surface area contributed by atoms with E-state index in [2.05, 4.69) is 10.6 Å². The summed E-state index contributed by atoms with van der Waals surface area (Å²) in [6.07, 6.45) is 0. The van der Waals surface area contributed by atoms with Crippen LogP contribution < -0.4 is 10.6 Å². The molecule has 0 saturated carbocycles. The number of benzene rings is 1. The molecule has 116 valence electrons. The van der Waals surface area contributed by atoms with Crippen molar-refractivity contribution in [2.24, 2.45) is 5.92 Å². The molecule has 0 radical (unpaired) electrons. The molecule has 1 aromatic carbocycles. The first-order valence-electron chi connectivity index (χ1n) is 7.43. The first-order chi connectivity index (χ1) is 10.3. The van der Waals surface area contributed by atoms with E-state index in [1.54, 1.807) is 0 Å². The van der Waals surface area contributed by atoms with Crippen molar-refractivity contribution in [3.8, 4) is 0 Å². The number of hydrogen-bond acceptors (Lipinski definition) is 4.